The topological polar surface area (TPSA) is 15.6 Å². The number of aliphatic imine (C=N–C) groups is 1. The molecule has 1 atom stereocenters. The first-order valence-corrected chi connectivity index (χ1v) is 4.55. The molecule has 12 heavy (non-hydrogen) atoms. The zero-order valence-electron chi connectivity index (χ0n) is 8.68. The van der Waals surface area contributed by atoms with Gasteiger partial charge in [-0.15, -0.1) is 0 Å². The van der Waals surface area contributed by atoms with Crippen molar-refractivity contribution in [2.24, 2.45) is 4.99 Å². The Morgan fingerprint density at radius 1 is 1.42 bits per heavy atom. The van der Waals surface area contributed by atoms with Gasteiger partial charge in [-0.05, 0) is 32.8 Å². The van der Waals surface area contributed by atoms with Crippen molar-refractivity contribution in [3.05, 3.63) is 11.3 Å². The van der Waals surface area contributed by atoms with Gasteiger partial charge in [-0.2, -0.15) is 0 Å². The van der Waals surface area contributed by atoms with Crippen molar-refractivity contribution < 1.29 is 0 Å². The predicted molar refractivity (Wildman–Crippen MR) is 53.3 cm³/mol. The third kappa shape index (κ3) is 1.38. The Hall–Kier alpha value is -0.790. The lowest BCUT2D eigenvalue weighted by Crippen LogP contribution is -2.37. The van der Waals surface area contributed by atoms with Crippen molar-refractivity contribution in [1.82, 2.24) is 4.90 Å². The number of hydrogen-bond donors (Lipinski definition) is 0. The summed E-state index contributed by atoms with van der Waals surface area (Å²) in [5, 5.41) is 0. The van der Waals surface area contributed by atoms with Crippen LogP contribution >= 0.6 is 0 Å². The molecular formula is C10H18N2. The number of hydrogen-bond acceptors (Lipinski definition) is 2. The molecule has 2 nitrogen and oxygen atoms in total. The quantitative estimate of drug-likeness (QED) is 0.584. The first-order chi connectivity index (χ1) is 5.57. The minimum Gasteiger partial charge on any atom is -0.357 e. The first kappa shape index (κ1) is 9.30. The van der Waals surface area contributed by atoms with Crippen LogP contribution in [0.5, 0.6) is 0 Å². The minimum absolute atomic E-state index is 0.512. The van der Waals surface area contributed by atoms with Crippen LogP contribution < -0.4 is 0 Å². The molecule has 0 saturated carbocycles. The normalized spacial score (nSPS) is 24.6. The van der Waals surface area contributed by atoms with Gasteiger partial charge in [-0.1, -0.05) is 6.92 Å². The van der Waals surface area contributed by atoms with Crippen LogP contribution in [-0.2, 0) is 0 Å². The van der Waals surface area contributed by atoms with E-state index in [1.54, 1.807) is 0 Å². The molecule has 0 amide bonds. The summed E-state index contributed by atoms with van der Waals surface area (Å²) in [7, 11) is 2.10. The van der Waals surface area contributed by atoms with Crippen LogP contribution in [0.3, 0.4) is 0 Å². The maximum atomic E-state index is 4.54. The number of nitrogens with zero attached hydrogens (tertiary/aromatic N) is 2. The van der Waals surface area contributed by atoms with Crippen molar-refractivity contribution in [2.75, 3.05) is 7.05 Å². The zero-order valence-corrected chi connectivity index (χ0v) is 8.68. The fraction of sp³-hybridized carbons (Fsp3) is 0.700. The van der Waals surface area contributed by atoms with Gasteiger partial charge >= 0.3 is 0 Å². The van der Waals surface area contributed by atoms with Crippen LogP contribution in [0, 0.1) is 0 Å². The van der Waals surface area contributed by atoms with Crippen LogP contribution in [0.25, 0.3) is 0 Å². The molecular weight excluding hydrogens is 148 g/mol. The highest BCUT2D eigenvalue weighted by Crippen LogP contribution is 2.22. The summed E-state index contributed by atoms with van der Waals surface area (Å²) < 4.78 is 0. The molecule has 0 saturated heterocycles. The molecule has 0 aliphatic carbocycles. The van der Waals surface area contributed by atoms with E-state index in [0.29, 0.717) is 6.04 Å². The second kappa shape index (κ2) is 3.30. The highest BCUT2D eigenvalue weighted by Gasteiger charge is 2.19. The summed E-state index contributed by atoms with van der Waals surface area (Å²) in [4.78, 5) is 6.75. The van der Waals surface area contributed by atoms with Gasteiger partial charge in [0.05, 0.1) is 0 Å². The number of rotatable bonds is 1. The predicted octanol–water partition coefficient (Wildman–Crippen LogP) is 2.42. The zero-order chi connectivity index (χ0) is 9.30. The third-order valence-corrected chi connectivity index (χ3v) is 2.80. The monoisotopic (exact) mass is 166 g/mol. The molecule has 1 rings (SSSR count). The average Bonchev–Trinajstić information content (AvgIpc) is 2.08. The van der Waals surface area contributed by atoms with Gasteiger partial charge in [0, 0.05) is 18.8 Å². The molecule has 0 spiro atoms. The van der Waals surface area contributed by atoms with Gasteiger partial charge in [0.25, 0.3) is 0 Å². The van der Waals surface area contributed by atoms with E-state index in [2.05, 4.69) is 44.6 Å². The average molecular weight is 166 g/mol. The van der Waals surface area contributed by atoms with Crippen LogP contribution in [-0.4, -0.2) is 23.8 Å². The molecule has 68 valence electrons. The van der Waals surface area contributed by atoms with Crippen molar-refractivity contribution in [3.8, 4) is 0 Å². The summed E-state index contributed by atoms with van der Waals surface area (Å²) in [6.45, 7) is 8.63. The molecule has 1 unspecified atom stereocenters. The SMILES string of the molecule is CCC1=C(C)C(C)N(C)C(C)=N1. The van der Waals surface area contributed by atoms with E-state index in [-0.39, 0.29) is 0 Å². The van der Waals surface area contributed by atoms with E-state index < -0.39 is 0 Å². The molecule has 0 fully saturated rings. The van der Waals surface area contributed by atoms with Crippen molar-refractivity contribution in [1.29, 1.82) is 0 Å². The summed E-state index contributed by atoms with van der Waals surface area (Å²) in [5.74, 6) is 1.13. The maximum Gasteiger partial charge on any atom is 0.101 e. The number of likely N-dealkylation sites (N-methyl/N-ethyl adjacent to an activating group) is 1. The molecule has 0 radical (unpaired) electrons. The van der Waals surface area contributed by atoms with Gasteiger partial charge in [0.15, 0.2) is 0 Å². The maximum absolute atomic E-state index is 4.54. The molecule has 1 aliphatic rings. The molecule has 0 N–H and O–H groups in total. The van der Waals surface area contributed by atoms with E-state index in [1.807, 2.05) is 0 Å². The Labute approximate surface area is 75.0 Å². The van der Waals surface area contributed by atoms with Gasteiger partial charge in [0.1, 0.15) is 5.84 Å². The van der Waals surface area contributed by atoms with Gasteiger partial charge in [-0.25, -0.2) is 4.99 Å². The van der Waals surface area contributed by atoms with E-state index in [9.17, 15) is 0 Å². The van der Waals surface area contributed by atoms with Crippen LogP contribution in [0.2, 0.25) is 0 Å². The van der Waals surface area contributed by atoms with E-state index in [4.69, 9.17) is 0 Å². The smallest absolute Gasteiger partial charge is 0.101 e. The highest BCUT2D eigenvalue weighted by atomic mass is 15.2. The summed E-state index contributed by atoms with van der Waals surface area (Å²) in [6, 6.07) is 0.512. The second-order valence-corrected chi connectivity index (χ2v) is 3.43. The summed E-state index contributed by atoms with van der Waals surface area (Å²) in [6.07, 6.45) is 1.04. The second-order valence-electron chi connectivity index (χ2n) is 3.43. The van der Waals surface area contributed by atoms with E-state index in [1.165, 1.54) is 11.3 Å². The van der Waals surface area contributed by atoms with E-state index in [0.717, 1.165) is 12.3 Å². The Kier molecular flexibility index (Phi) is 2.55. The van der Waals surface area contributed by atoms with Gasteiger partial charge < -0.3 is 4.90 Å². The highest BCUT2D eigenvalue weighted by molar-refractivity contribution is 5.82. The number of allylic oxidation sites excluding steroid dienone is 1. The molecule has 1 aliphatic heterocycles. The van der Waals surface area contributed by atoms with Crippen LogP contribution in [0.1, 0.15) is 34.1 Å². The molecule has 0 bridgehead atoms. The Bertz CT molecular complexity index is 238. The number of amidine groups is 1. The molecule has 1 heterocycles. The lowest BCUT2D eigenvalue weighted by molar-refractivity contribution is 0.419. The van der Waals surface area contributed by atoms with E-state index >= 15 is 0 Å². The Balaban J connectivity index is 3.01. The largest absolute Gasteiger partial charge is 0.357 e. The lowest BCUT2D eigenvalue weighted by Gasteiger charge is -2.32. The minimum atomic E-state index is 0.512. The molecule has 2 heteroatoms. The van der Waals surface area contributed by atoms with Crippen molar-refractivity contribution in [3.63, 3.8) is 0 Å². The standard InChI is InChI=1S/C10H18N2/c1-6-10-7(2)8(3)12(5)9(4)11-10/h8H,6H2,1-5H3. The fourth-order valence-corrected chi connectivity index (χ4v) is 1.53. The summed E-state index contributed by atoms with van der Waals surface area (Å²) in [5.41, 5.74) is 2.67. The van der Waals surface area contributed by atoms with Crippen LogP contribution in [0.15, 0.2) is 16.3 Å². The molecule has 0 aromatic rings. The lowest BCUT2D eigenvalue weighted by atomic mass is 10.0. The first-order valence-electron chi connectivity index (χ1n) is 4.55. The fourth-order valence-electron chi connectivity index (χ4n) is 1.53. The Morgan fingerprint density at radius 2 is 2.00 bits per heavy atom. The van der Waals surface area contributed by atoms with Crippen molar-refractivity contribution in [2.45, 2.75) is 40.2 Å². The Morgan fingerprint density at radius 3 is 2.50 bits per heavy atom. The van der Waals surface area contributed by atoms with Gasteiger partial charge in [0.2, 0.25) is 0 Å². The molecule has 0 aromatic heterocycles. The van der Waals surface area contributed by atoms with Gasteiger partial charge in [-0.3, -0.25) is 0 Å². The molecule has 0 aromatic carbocycles. The van der Waals surface area contributed by atoms with Crippen LogP contribution in [0.4, 0.5) is 0 Å². The third-order valence-electron chi connectivity index (χ3n) is 2.80. The summed E-state index contributed by atoms with van der Waals surface area (Å²) >= 11 is 0. The van der Waals surface area contributed by atoms with Crippen molar-refractivity contribution >= 4 is 5.84 Å².